The Balaban J connectivity index is 1.52. The molecule has 4 aliphatic carbocycles. The molecule has 1 aromatic heterocycles. The fourth-order valence-corrected chi connectivity index (χ4v) is 5.64. The Morgan fingerprint density at radius 3 is 2.35 bits per heavy atom. The first-order valence-corrected chi connectivity index (χ1v) is 8.52. The van der Waals surface area contributed by atoms with Crippen LogP contribution in [0.5, 0.6) is 0 Å². The van der Waals surface area contributed by atoms with E-state index in [1.54, 1.807) is 0 Å². The Morgan fingerprint density at radius 1 is 1.10 bits per heavy atom. The molecule has 1 heterocycles. The van der Waals surface area contributed by atoms with Crippen LogP contribution >= 0.6 is 0 Å². The molecule has 4 bridgehead atoms. The number of rotatable bonds is 5. The number of aromatic nitrogens is 2. The van der Waals surface area contributed by atoms with Gasteiger partial charge in [-0.05, 0) is 75.7 Å². The summed E-state index contributed by atoms with van der Waals surface area (Å²) in [6, 6.07) is 0. The Morgan fingerprint density at radius 2 is 1.75 bits per heavy atom. The lowest BCUT2D eigenvalue weighted by Crippen LogP contribution is -2.48. The molecule has 0 spiro atoms. The molecule has 0 saturated heterocycles. The van der Waals surface area contributed by atoms with Crippen molar-refractivity contribution in [3.05, 3.63) is 17.7 Å². The minimum absolute atomic E-state index is 0.466. The summed E-state index contributed by atoms with van der Waals surface area (Å²) in [4.78, 5) is 8.33. The summed E-state index contributed by atoms with van der Waals surface area (Å²) in [5.74, 6) is 4.20. The van der Waals surface area contributed by atoms with Gasteiger partial charge in [0, 0.05) is 23.7 Å². The zero-order valence-corrected chi connectivity index (χ0v) is 12.4. The van der Waals surface area contributed by atoms with E-state index in [-0.39, 0.29) is 0 Å². The highest BCUT2D eigenvalue weighted by Gasteiger charge is 2.52. The first-order valence-electron chi connectivity index (χ1n) is 8.52. The zero-order valence-electron chi connectivity index (χ0n) is 12.4. The lowest BCUT2D eigenvalue weighted by atomic mass is 9.49. The molecule has 0 unspecified atom stereocenters. The molecule has 110 valence electrons. The molecule has 0 atom stereocenters. The maximum Gasteiger partial charge on any atom is 0.106 e. The summed E-state index contributed by atoms with van der Waals surface area (Å²) in [7, 11) is 0. The molecule has 0 amide bonds. The lowest BCUT2D eigenvalue weighted by Gasteiger charge is -2.56. The number of hydrogen-bond donors (Lipinski definition) is 2. The van der Waals surface area contributed by atoms with Crippen LogP contribution in [0.1, 0.15) is 62.9 Å². The molecule has 0 radical (unpaired) electrons. The topological polar surface area (TPSA) is 54.7 Å². The van der Waals surface area contributed by atoms with E-state index in [2.05, 4.69) is 16.2 Å². The molecular weight excluding hydrogens is 246 g/mol. The highest BCUT2D eigenvalue weighted by atomic mass is 14.9. The van der Waals surface area contributed by atoms with Crippen molar-refractivity contribution in [2.24, 2.45) is 23.5 Å². The summed E-state index contributed by atoms with van der Waals surface area (Å²) in [6.07, 6.45) is 14.3. The molecule has 3 N–H and O–H groups in total. The zero-order chi connectivity index (χ0) is 13.6. The van der Waals surface area contributed by atoms with Crippen LogP contribution in [0.3, 0.4) is 0 Å². The van der Waals surface area contributed by atoms with Crippen LogP contribution in [-0.4, -0.2) is 16.5 Å². The van der Waals surface area contributed by atoms with Crippen LogP contribution in [0.2, 0.25) is 0 Å². The van der Waals surface area contributed by atoms with Crippen LogP contribution < -0.4 is 5.73 Å². The molecule has 0 aromatic carbocycles. The minimum atomic E-state index is 0.466. The van der Waals surface area contributed by atoms with Crippen molar-refractivity contribution in [2.45, 2.75) is 63.2 Å². The van der Waals surface area contributed by atoms with Crippen molar-refractivity contribution in [1.29, 1.82) is 0 Å². The minimum Gasteiger partial charge on any atom is -0.345 e. The summed E-state index contributed by atoms with van der Waals surface area (Å²) >= 11 is 0. The largest absolute Gasteiger partial charge is 0.345 e. The van der Waals surface area contributed by atoms with E-state index in [4.69, 9.17) is 5.73 Å². The predicted molar refractivity (Wildman–Crippen MR) is 80.4 cm³/mol. The van der Waals surface area contributed by atoms with E-state index in [1.807, 2.05) is 0 Å². The van der Waals surface area contributed by atoms with E-state index in [0.29, 0.717) is 5.41 Å². The molecule has 3 nitrogen and oxygen atoms in total. The van der Waals surface area contributed by atoms with Crippen molar-refractivity contribution in [1.82, 2.24) is 9.97 Å². The van der Waals surface area contributed by atoms with Gasteiger partial charge in [0.15, 0.2) is 0 Å². The number of H-pyrrole nitrogens is 1. The highest BCUT2D eigenvalue weighted by Crippen LogP contribution is 2.60. The quantitative estimate of drug-likeness (QED) is 0.810. The van der Waals surface area contributed by atoms with Crippen LogP contribution in [0, 0.1) is 17.8 Å². The molecule has 1 aromatic rings. The van der Waals surface area contributed by atoms with Gasteiger partial charge in [-0.25, -0.2) is 4.98 Å². The number of hydrogen-bond acceptors (Lipinski definition) is 2. The number of nitrogens with zero attached hydrogens (tertiary/aromatic N) is 1. The van der Waals surface area contributed by atoms with Gasteiger partial charge in [-0.15, -0.1) is 0 Å². The van der Waals surface area contributed by atoms with Crippen LogP contribution in [0.15, 0.2) is 6.20 Å². The number of nitrogens with one attached hydrogen (secondary N) is 1. The molecule has 20 heavy (non-hydrogen) atoms. The third-order valence-corrected chi connectivity index (χ3v) is 6.11. The fraction of sp³-hybridized carbons (Fsp3) is 0.824. The Bertz CT molecular complexity index is 441. The Hall–Kier alpha value is -0.830. The number of aryl methyl sites for hydroxylation is 1. The number of unbranched alkanes of at least 4 members (excludes halogenated alkanes) is 1. The predicted octanol–water partition coefficient (Wildman–Crippen LogP) is 3.16. The molecule has 5 rings (SSSR count). The van der Waals surface area contributed by atoms with Gasteiger partial charge >= 0.3 is 0 Å². The number of imidazole rings is 1. The van der Waals surface area contributed by atoms with Crippen molar-refractivity contribution >= 4 is 0 Å². The van der Waals surface area contributed by atoms with Crippen molar-refractivity contribution < 1.29 is 0 Å². The van der Waals surface area contributed by atoms with Gasteiger partial charge in [0.1, 0.15) is 5.82 Å². The van der Waals surface area contributed by atoms with Crippen LogP contribution in [0.25, 0.3) is 0 Å². The molecule has 4 saturated carbocycles. The van der Waals surface area contributed by atoms with E-state index >= 15 is 0 Å². The van der Waals surface area contributed by atoms with Gasteiger partial charge in [-0.1, -0.05) is 0 Å². The summed E-state index contributed by atoms with van der Waals surface area (Å²) in [5.41, 5.74) is 7.49. The van der Waals surface area contributed by atoms with Crippen LogP contribution in [-0.2, 0) is 11.8 Å². The molecule has 4 fully saturated rings. The van der Waals surface area contributed by atoms with E-state index in [0.717, 1.165) is 43.6 Å². The SMILES string of the molecule is NCCCCc1ncc(C23CC4CC(CC(C4)C2)C3)[nH]1. The third-order valence-electron chi connectivity index (χ3n) is 6.11. The Kier molecular flexibility index (Phi) is 3.13. The number of nitrogens with two attached hydrogens (primary N) is 1. The highest BCUT2D eigenvalue weighted by molar-refractivity contribution is 5.22. The average Bonchev–Trinajstić information content (AvgIpc) is 2.87. The van der Waals surface area contributed by atoms with Crippen molar-refractivity contribution in [3.8, 4) is 0 Å². The second-order valence-electron chi connectivity index (χ2n) is 7.69. The Labute approximate surface area is 121 Å². The standard InChI is InChI=1S/C17H27N3/c18-4-2-1-3-16-19-11-15(20-16)17-8-12-5-13(9-17)7-14(6-12)10-17/h11-14H,1-10,18H2,(H,19,20). The fourth-order valence-electron chi connectivity index (χ4n) is 5.64. The maximum atomic E-state index is 5.57. The van der Waals surface area contributed by atoms with Crippen LogP contribution in [0.4, 0.5) is 0 Å². The normalized spacial score (nSPS) is 38.5. The lowest BCUT2D eigenvalue weighted by molar-refractivity contribution is -0.00706. The van der Waals surface area contributed by atoms with Gasteiger partial charge < -0.3 is 10.7 Å². The van der Waals surface area contributed by atoms with Crippen molar-refractivity contribution in [3.63, 3.8) is 0 Å². The molecule has 0 aliphatic heterocycles. The summed E-state index contributed by atoms with van der Waals surface area (Å²) < 4.78 is 0. The first kappa shape index (κ1) is 12.9. The second-order valence-corrected chi connectivity index (χ2v) is 7.69. The molecular formula is C17H27N3. The van der Waals surface area contributed by atoms with E-state index in [1.165, 1.54) is 50.0 Å². The smallest absolute Gasteiger partial charge is 0.106 e. The van der Waals surface area contributed by atoms with Gasteiger partial charge in [0.25, 0.3) is 0 Å². The molecule has 3 heteroatoms. The molecule has 4 aliphatic rings. The maximum absolute atomic E-state index is 5.57. The monoisotopic (exact) mass is 273 g/mol. The van der Waals surface area contributed by atoms with Gasteiger partial charge in [-0.3, -0.25) is 0 Å². The summed E-state index contributed by atoms with van der Waals surface area (Å²) in [6.45, 7) is 0.794. The van der Waals surface area contributed by atoms with Gasteiger partial charge in [-0.2, -0.15) is 0 Å². The van der Waals surface area contributed by atoms with Gasteiger partial charge in [0.05, 0.1) is 0 Å². The van der Waals surface area contributed by atoms with Gasteiger partial charge in [0.2, 0.25) is 0 Å². The van der Waals surface area contributed by atoms with E-state index < -0.39 is 0 Å². The summed E-state index contributed by atoms with van der Waals surface area (Å²) in [5, 5.41) is 0. The van der Waals surface area contributed by atoms with Crippen molar-refractivity contribution in [2.75, 3.05) is 6.54 Å². The second kappa shape index (κ2) is 4.87. The average molecular weight is 273 g/mol. The first-order chi connectivity index (χ1) is 9.77. The van der Waals surface area contributed by atoms with E-state index in [9.17, 15) is 0 Å². The third kappa shape index (κ3) is 2.11. The number of aromatic amines is 1.